The molecule has 5 rings (SSSR count). The molecule has 2 aromatic carbocycles. The Kier molecular flexibility index (Phi) is 8.44. The molecule has 0 amide bonds. The molecule has 1 aromatic heterocycles. The molecule has 0 saturated carbocycles. The van der Waals surface area contributed by atoms with Gasteiger partial charge in [-0.15, -0.1) is 0 Å². The average Bonchev–Trinajstić information content (AvgIpc) is 3.39. The van der Waals surface area contributed by atoms with E-state index in [-0.39, 0.29) is 11.8 Å². The summed E-state index contributed by atoms with van der Waals surface area (Å²) in [6.45, 7) is 12.7. The number of benzene rings is 2. The van der Waals surface area contributed by atoms with Gasteiger partial charge in [-0.25, -0.2) is 0 Å². The van der Waals surface area contributed by atoms with Crippen molar-refractivity contribution < 1.29 is 19.2 Å². The van der Waals surface area contributed by atoms with Crippen LogP contribution in [-0.2, 0) is 11.3 Å². The lowest BCUT2D eigenvalue weighted by molar-refractivity contribution is -0.665. The first-order valence-electron chi connectivity index (χ1n) is 14.2. The number of aliphatic carboxylic acids is 1. The molecule has 0 radical (unpaired) electrons. The fourth-order valence-electron chi connectivity index (χ4n) is 5.72. The van der Waals surface area contributed by atoms with Crippen LogP contribution in [0, 0.1) is 19.3 Å². The van der Waals surface area contributed by atoms with Gasteiger partial charge in [0.1, 0.15) is 11.2 Å². The second kappa shape index (κ2) is 11.9. The van der Waals surface area contributed by atoms with Crippen molar-refractivity contribution in [2.24, 2.45) is 5.41 Å². The lowest BCUT2D eigenvalue weighted by Crippen LogP contribution is -2.33. The van der Waals surface area contributed by atoms with Crippen LogP contribution in [0.15, 0.2) is 71.7 Å². The molecule has 1 aliphatic heterocycles. The smallest absolute Gasteiger partial charge is 0.303 e. The highest BCUT2D eigenvalue weighted by Crippen LogP contribution is 2.42. The number of aryl methyl sites for hydroxylation is 3. The zero-order chi connectivity index (χ0) is 29.3. The minimum Gasteiger partial charge on any atom is -0.481 e. The number of allylic oxidation sites excluding steroid dienone is 6. The van der Waals surface area contributed by atoms with Gasteiger partial charge in [-0.1, -0.05) is 55.0 Å². The number of hydrogen-bond donors (Lipinski definition) is 1. The first-order valence-corrected chi connectivity index (χ1v) is 15.4. The number of ether oxygens (including phenoxy) is 1. The summed E-state index contributed by atoms with van der Waals surface area (Å²) in [6, 6.07) is 10.2. The molecule has 0 fully saturated rings. The van der Waals surface area contributed by atoms with Crippen LogP contribution in [0.2, 0.25) is 5.02 Å². The van der Waals surface area contributed by atoms with Gasteiger partial charge in [-0.3, -0.25) is 4.79 Å². The summed E-state index contributed by atoms with van der Waals surface area (Å²) in [7, 11) is 0. The Balaban J connectivity index is 1.42. The maximum atomic E-state index is 11.1. The van der Waals surface area contributed by atoms with Crippen LogP contribution in [0.3, 0.4) is 0 Å². The van der Waals surface area contributed by atoms with Gasteiger partial charge in [0.05, 0.1) is 5.69 Å². The second-order valence-corrected chi connectivity index (χ2v) is 13.3. The van der Waals surface area contributed by atoms with E-state index < -0.39 is 5.97 Å². The molecule has 1 N–H and O–H groups in total. The van der Waals surface area contributed by atoms with E-state index in [9.17, 15) is 4.79 Å². The summed E-state index contributed by atoms with van der Waals surface area (Å²) in [5.74, 6) is 0.601. The van der Waals surface area contributed by atoms with Gasteiger partial charge < -0.3 is 14.7 Å². The summed E-state index contributed by atoms with van der Waals surface area (Å²) in [5.41, 5.74) is 7.60. The van der Waals surface area contributed by atoms with Gasteiger partial charge in [0.2, 0.25) is 11.4 Å². The minimum atomic E-state index is -0.803. The zero-order valence-electron chi connectivity index (χ0n) is 24.5. The van der Waals surface area contributed by atoms with E-state index in [1.54, 1.807) is 6.07 Å². The SMILES string of the molecule is CC[n+]1c(C=C2C=C(/C=C/C=C3/Oc4ccc(Cl)cc4N3CCCC(=O)O)CC(C)(C)C2)sc2cc(C)c(C)cc21. The highest BCUT2D eigenvalue weighted by Gasteiger charge is 2.28. The van der Waals surface area contributed by atoms with E-state index in [1.165, 1.54) is 37.5 Å². The van der Waals surface area contributed by atoms with Crippen LogP contribution in [0.1, 0.15) is 62.6 Å². The maximum absolute atomic E-state index is 11.1. The highest BCUT2D eigenvalue weighted by molar-refractivity contribution is 7.18. The molecule has 0 spiro atoms. The average molecular weight is 590 g/mol. The first-order chi connectivity index (χ1) is 19.5. The van der Waals surface area contributed by atoms with E-state index in [0.29, 0.717) is 23.9 Å². The van der Waals surface area contributed by atoms with Crippen molar-refractivity contribution in [3.8, 4) is 5.75 Å². The molecule has 2 heterocycles. The molecular formula is C34H38ClN2O3S+. The Morgan fingerprint density at radius 3 is 2.73 bits per heavy atom. The van der Waals surface area contributed by atoms with Crippen LogP contribution >= 0.6 is 22.9 Å². The predicted molar refractivity (Wildman–Crippen MR) is 170 cm³/mol. The van der Waals surface area contributed by atoms with Crippen LogP contribution in [-0.4, -0.2) is 17.6 Å². The van der Waals surface area contributed by atoms with Crippen molar-refractivity contribution in [3.05, 3.63) is 92.8 Å². The monoisotopic (exact) mass is 589 g/mol. The summed E-state index contributed by atoms with van der Waals surface area (Å²) in [5, 5.41) is 11.0. The molecule has 214 valence electrons. The molecule has 5 nitrogen and oxygen atoms in total. The summed E-state index contributed by atoms with van der Waals surface area (Å²) < 4.78 is 9.89. The number of carboxylic acid groups (broad SMARTS) is 1. The molecular weight excluding hydrogens is 552 g/mol. The van der Waals surface area contributed by atoms with E-state index in [2.05, 4.69) is 69.5 Å². The molecule has 3 aromatic rings. The van der Waals surface area contributed by atoms with Crippen molar-refractivity contribution in [1.29, 1.82) is 0 Å². The van der Waals surface area contributed by atoms with Gasteiger partial charge in [-0.05, 0) is 98.1 Å². The predicted octanol–water partition coefficient (Wildman–Crippen LogP) is 8.77. The Morgan fingerprint density at radius 1 is 1.20 bits per heavy atom. The molecule has 0 unspecified atom stereocenters. The quantitative estimate of drug-likeness (QED) is 0.267. The lowest BCUT2D eigenvalue weighted by Gasteiger charge is -2.30. The molecule has 7 heteroatoms. The number of carbonyl (C=O) groups is 1. The highest BCUT2D eigenvalue weighted by atomic mass is 35.5. The lowest BCUT2D eigenvalue weighted by atomic mass is 9.75. The number of nitrogens with zero attached hydrogens (tertiary/aromatic N) is 2. The van der Waals surface area contributed by atoms with Crippen molar-refractivity contribution >= 4 is 50.9 Å². The minimum absolute atomic E-state index is 0.101. The van der Waals surface area contributed by atoms with E-state index in [1.807, 2.05) is 40.5 Å². The third-order valence-corrected chi connectivity index (χ3v) is 9.05. The maximum Gasteiger partial charge on any atom is 0.303 e. The number of thiazole rings is 1. The third kappa shape index (κ3) is 6.60. The summed E-state index contributed by atoms with van der Waals surface area (Å²) in [6.07, 6.45) is 13.5. The van der Waals surface area contributed by atoms with Gasteiger partial charge in [-0.2, -0.15) is 4.57 Å². The Labute approximate surface area is 251 Å². The first kappa shape index (κ1) is 29.2. The topological polar surface area (TPSA) is 53.7 Å². The largest absolute Gasteiger partial charge is 0.481 e. The Morgan fingerprint density at radius 2 is 1.98 bits per heavy atom. The molecule has 0 atom stereocenters. The summed E-state index contributed by atoms with van der Waals surface area (Å²) in [4.78, 5) is 13.1. The number of aromatic nitrogens is 1. The molecule has 0 saturated heterocycles. The molecule has 0 bridgehead atoms. The normalized spacial score (nSPS) is 18.4. The Bertz CT molecular complexity index is 1630. The molecule has 2 aliphatic rings. The van der Waals surface area contributed by atoms with E-state index in [4.69, 9.17) is 21.4 Å². The summed E-state index contributed by atoms with van der Waals surface area (Å²) >= 11 is 8.12. The van der Waals surface area contributed by atoms with Gasteiger partial charge in [0, 0.05) is 30.1 Å². The van der Waals surface area contributed by atoms with Gasteiger partial charge >= 0.3 is 5.97 Å². The van der Waals surface area contributed by atoms with Crippen LogP contribution in [0.25, 0.3) is 16.3 Å². The van der Waals surface area contributed by atoms with Crippen molar-refractivity contribution in [1.82, 2.24) is 0 Å². The Hall–Kier alpha value is -3.35. The van der Waals surface area contributed by atoms with Crippen LogP contribution in [0.5, 0.6) is 5.75 Å². The van der Waals surface area contributed by atoms with Crippen molar-refractivity contribution in [2.45, 2.75) is 66.8 Å². The van der Waals surface area contributed by atoms with Crippen LogP contribution < -0.4 is 14.2 Å². The third-order valence-electron chi connectivity index (χ3n) is 7.72. The number of rotatable bonds is 8. The number of fused-ring (bicyclic) bond motifs is 2. The van der Waals surface area contributed by atoms with Crippen LogP contribution in [0.4, 0.5) is 5.69 Å². The molecule has 1 aliphatic carbocycles. The number of carboxylic acids is 1. The van der Waals surface area contributed by atoms with Gasteiger partial charge in [0.15, 0.2) is 5.75 Å². The van der Waals surface area contributed by atoms with Gasteiger partial charge in [0.25, 0.3) is 5.01 Å². The fraction of sp³-hybridized carbons (Fsp3) is 0.353. The number of hydrogen-bond acceptors (Lipinski definition) is 4. The standard InChI is InChI=1S/C34H37ClN2O3S/c1-6-36-28-15-22(2)23(3)16-30(28)41-32(36)18-25-17-24(20-34(4,5)21-25)9-7-10-31-37(14-8-11-33(38)39)27-19-26(35)12-13-29(27)40-31/h7,9-10,12-13,15-19H,6,8,11,14,20-21H2,1-5H3/p+1. The number of anilines is 1. The van der Waals surface area contributed by atoms with Crippen molar-refractivity contribution in [3.63, 3.8) is 0 Å². The second-order valence-electron chi connectivity index (χ2n) is 11.8. The van der Waals surface area contributed by atoms with Crippen molar-refractivity contribution in [2.75, 3.05) is 11.4 Å². The fourth-order valence-corrected chi connectivity index (χ4v) is 7.17. The molecule has 41 heavy (non-hydrogen) atoms. The van der Waals surface area contributed by atoms with E-state index >= 15 is 0 Å². The van der Waals surface area contributed by atoms with E-state index in [0.717, 1.165) is 30.8 Å². The number of halogens is 1. The zero-order valence-corrected chi connectivity index (χ0v) is 26.0.